The average molecular weight is 236 g/mol. The molecule has 1 aromatic rings. The van der Waals surface area contributed by atoms with Crippen LogP contribution in [0.15, 0.2) is 24.3 Å². The number of ether oxygens (including phenoxy) is 1. The third-order valence-corrected chi connectivity index (χ3v) is 2.49. The van der Waals surface area contributed by atoms with Crippen LogP contribution in [0.2, 0.25) is 0 Å². The molecule has 1 aromatic carbocycles. The molecular weight excluding hydrogens is 212 g/mol. The molecule has 0 unspecified atom stereocenters. The van der Waals surface area contributed by atoms with Crippen molar-refractivity contribution < 1.29 is 4.74 Å². The van der Waals surface area contributed by atoms with Gasteiger partial charge in [-0.25, -0.2) is 0 Å². The smallest absolute Gasteiger partial charge is 0.142 e. The maximum absolute atomic E-state index is 5.78. The van der Waals surface area contributed by atoms with Crippen molar-refractivity contribution in [2.45, 2.75) is 45.8 Å². The van der Waals surface area contributed by atoms with Crippen molar-refractivity contribution in [3.63, 3.8) is 0 Å². The summed E-state index contributed by atoms with van der Waals surface area (Å²) in [5.74, 6) is 0.896. The van der Waals surface area contributed by atoms with Gasteiger partial charge in [0.25, 0.3) is 0 Å². The van der Waals surface area contributed by atoms with Gasteiger partial charge in [-0.3, -0.25) is 0 Å². The topological polar surface area (TPSA) is 47.3 Å². The Hall–Kier alpha value is -1.22. The number of anilines is 1. The molecule has 0 aromatic heterocycles. The highest BCUT2D eigenvalue weighted by Crippen LogP contribution is 2.28. The fraction of sp³-hybridized carbons (Fsp3) is 0.571. The molecule has 0 amide bonds. The van der Waals surface area contributed by atoms with Crippen LogP contribution in [0.3, 0.4) is 0 Å². The number of nitrogens with one attached hydrogen (secondary N) is 1. The quantitative estimate of drug-likeness (QED) is 0.798. The Kier molecular flexibility index (Phi) is 4.82. The van der Waals surface area contributed by atoms with E-state index in [0.29, 0.717) is 6.54 Å². The summed E-state index contributed by atoms with van der Waals surface area (Å²) < 4.78 is 5.78. The van der Waals surface area contributed by atoms with Gasteiger partial charge in [-0.2, -0.15) is 0 Å². The first kappa shape index (κ1) is 13.8. The maximum Gasteiger partial charge on any atom is 0.142 e. The van der Waals surface area contributed by atoms with Crippen LogP contribution in [0.5, 0.6) is 5.75 Å². The van der Waals surface area contributed by atoms with E-state index in [1.54, 1.807) is 0 Å². The van der Waals surface area contributed by atoms with Gasteiger partial charge in [0.05, 0.1) is 11.8 Å². The number of hydrogen-bond acceptors (Lipinski definition) is 3. The summed E-state index contributed by atoms with van der Waals surface area (Å²) in [6, 6.07) is 8.02. The standard InChI is InChI=1S/C14H24N2O/c1-11(2)17-13-8-6-5-7-12(13)16-14(3,4)9-10-15/h5-8,11,16H,9-10,15H2,1-4H3. The first-order valence-electron chi connectivity index (χ1n) is 6.18. The molecule has 0 fully saturated rings. The highest BCUT2D eigenvalue weighted by atomic mass is 16.5. The van der Waals surface area contributed by atoms with Crippen LogP contribution < -0.4 is 15.8 Å². The molecule has 0 radical (unpaired) electrons. The second-order valence-corrected chi connectivity index (χ2v) is 5.21. The number of benzene rings is 1. The number of hydrogen-bond donors (Lipinski definition) is 2. The average Bonchev–Trinajstić information content (AvgIpc) is 2.19. The molecule has 1 rings (SSSR count). The zero-order chi connectivity index (χ0) is 12.9. The number of para-hydroxylation sites is 2. The van der Waals surface area contributed by atoms with E-state index in [4.69, 9.17) is 10.5 Å². The Balaban J connectivity index is 2.82. The lowest BCUT2D eigenvalue weighted by Gasteiger charge is -2.28. The first-order valence-corrected chi connectivity index (χ1v) is 6.18. The molecule has 96 valence electrons. The van der Waals surface area contributed by atoms with Gasteiger partial charge in [-0.1, -0.05) is 12.1 Å². The second-order valence-electron chi connectivity index (χ2n) is 5.21. The molecule has 0 spiro atoms. The highest BCUT2D eigenvalue weighted by molar-refractivity contribution is 5.57. The van der Waals surface area contributed by atoms with E-state index in [-0.39, 0.29) is 11.6 Å². The van der Waals surface area contributed by atoms with Crippen molar-refractivity contribution in [2.24, 2.45) is 5.73 Å². The van der Waals surface area contributed by atoms with Crippen LogP contribution in [0, 0.1) is 0 Å². The van der Waals surface area contributed by atoms with Crippen molar-refractivity contribution in [1.82, 2.24) is 0 Å². The minimum absolute atomic E-state index is 0.0226. The SMILES string of the molecule is CC(C)Oc1ccccc1NC(C)(C)CCN. The fourth-order valence-electron chi connectivity index (χ4n) is 1.71. The Labute approximate surface area is 104 Å². The van der Waals surface area contributed by atoms with Gasteiger partial charge in [0.1, 0.15) is 5.75 Å². The van der Waals surface area contributed by atoms with Gasteiger partial charge in [0, 0.05) is 5.54 Å². The highest BCUT2D eigenvalue weighted by Gasteiger charge is 2.18. The lowest BCUT2D eigenvalue weighted by atomic mass is 10.0. The Bertz CT molecular complexity index is 348. The van der Waals surface area contributed by atoms with E-state index >= 15 is 0 Å². The van der Waals surface area contributed by atoms with Crippen LogP contribution in [0.1, 0.15) is 34.1 Å². The summed E-state index contributed by atoms with van der Waals surface area (Å²) in [6.45, 7) is 9.02. The van der Waals surface area contributed by atoms with Gasteiger partial charge in [-0.15, -0.1) is 0 Å². The van der Waals surface area contributed by atoms with Crippen molar-refractivity contribution in [3.8, 4) is 5.75 Å². The van der Waals surface area contributed by atoms with Crippen molar-refractivity contribution in [1.29, 1.82) is 0 Å². The van der Waals surface area contributed by atoms with E-state index in [1.807, 2.05) is 38.1 Å². The lowest BCUT2D eigenvalue weighted by molar-refractivity contribution is 0.243. The van der Waals surface area contributed by atoms with Crippen LogP contribution >= 0.6 is 0 Å². The zero-order valence-corrected chi connectivity index (χ0v) is 11.3. The summed E-state index contributed by atoms with van der Waals surface area (Å²) in [4.78, 5) is 0. The molecule has 0 atom stereocenters. The molecule has 3 N–H and O–H groups in total. The molecule has 3 nitrogen and oxygen atoms in total. The minimum Gasteiger partial charge on any atom is -0.489 e. The molecule has 0 bridgehead atoms. The van der Waals surface area contributed by atoms with E-state index in [1.165, 1.54) is 0 Å². The molecule has 0 aliphatic carbocycles. The van der Waals surface area contributed by atoms with Gasteiger partial charge in [-0.05, 0) is 52.8 Å². The molecule has 17 heavy (non-hydrogen) atoms. The van der Waals surface area contributed by atoms with Crippen LogP contribution in [-0.4, -0.2) is 18.2 Å². The summed E-state index contributed by atoms with van der Waals surface area (Å²) in [5, 5.41) is 3.49. The third-order valence-electron chi connectivity index (χ3n) is 2.49. The first-order chi connectivity index (χ1) is 7.94. The van der Waals surface area contributed by atoms with E-state index in [0.717, 1.165) is 17.9 Å². The maximum atomic E-state index is 5.78. The molecule has 0 heterocycles. The van der Waals surface area contributed by atoms with Gasteiger partial charge < -0.3 is 15.8 Å². The number of nitrogens with two attached hydrogens (primary N) is 1. The monoisotopic (exact) mass is 236 g/mol. The predicted octanol–water partition coefficient (Wildman–Crippen LogP) is 3.01. The summed E-state index contributed by atoms with van der Waals surface area (Å²) in [7, 11) is 0. The van der Waals surface area contributed by atoms with Gasteiger partial charge in [0.15, 0.2) is 0 Å². The zero-order valence-electron chi connectivity index (χ0n) is 11.3. The van der Waals surface area contributed by atoms with Crippen molar-refractivity contribution in [2.75, 3.05) is 11.9 Å². The Morgan fingerprint density at radius 2 is 1.94 bits per heavy atom. The fourth-order valence-corrected chi connectivity index (χ4v) is 1.71. The predicted molar refractivity (Wildman–Crippen MR) is 73.6 cm³/mol. The summed E-state index contributed by atoms with van der Waals surface area (Å²) in [5.41, 5.74) is 6.62. The normalized spacial score (nSPS) is 11.6. The third kappa shape index (κ3) is 4.65. The van der Waals surface area contributed by atoms with E-state index < -0.39 is 0 Å². The minimum atomic E-state index is -0.0226. The Morgan fingerprint density at radius 1 is 1.29 bits per heavy atom. The van der Waals surface area contributed by atoms with E-state index in [9.17, 15) is 0 Å². The molecule has 0 aliphatic rings. The molecule has 0 saturated carbocycles. The summed E-state index contributed by atoms with van der Waals surface area (Å²) >= 11 is 0. The van der Waals surface area contributed by atoms with Crippen LogP contribution in [0.25, 0.3) is 0 Å². The molecular formula is C14H24N2O. The van der Waals surface area contributed by atoms with E-state index in [2.05, 4.69) is 19.2 Å². The van der Waals surface area contributed by atoms with Crippen LogP contribution in [-0.2, 0) is 0 Å². The Morgan fingerprint density at radius 3 is 2.53 bits per heavy atom. The second kappa shape index (κ2) is 5.92. The molecule has 3 heteroatoms. The van der Waals surface area contributed by atoms with Crippen molar-refractivity contribution >= 4 is 5.69 Å². The molecule has 0 aliphatic heterocycles. The van der Waals surface area contributed by atoms with Gasteiger partial charge in [0.2, 0.25) is 0 Å². The molecule has 0 saturated heterocycles. The van der Waals surface area contributed by atoms with Crippen LogP contribution in [0.4, 0.5) is 5.69 Å². The number of rotatable bonds is 6. The largest absolute Gasteiger partial charge is 0.489 e. The van der Waals surface area contributed by atoms with Crippen molar-refractivity contribution in [3.05, 3.63) is 24.3 Å². The van der Waals surface area contributed by atoms with Gasteiger partial charge >= 0.3 is 0 Å². The summed E-state index contributed by atoms with van der Waals surface area (Å²) in [6.07, 6.45) is 1.10. The lowest BCUT2D eigenvalue weighted by Crippen LogP contribution is -2.33.